The van der Waals surface area contributed by atoms with Crippen molar-refractivity contribution in [1.29, 1.82) is 0 Å². The van der Waals surface area contributed by atoms with Gasteiger partial charge in [0.1, 0.15) is 0 Å². The Morgan fingerprint density at radius 2 is 1.86 bits per heavy atom. The lowest BCUT2D eigenvalue weighted by atomic mass is 10.2. The second kappa shape index (κ2) is 7.32. The number of aliphatic carboxylic acids is 1. The van der Waals surface area contributed by atoms with Crippen LogP contribution >= 0.6 is 0 Å². The van der Waals surface area contributed by atoms with Gasteiger partial charge >= 0.3 is 11.9 Å². The number of carbonyl (C=O) groups is 2. The quantitative estimate of drug-likeness (QED) is 0.621. The Morgan fingerprint density at radius 1 is 1.21 bits per heavy atom. The molecule has 0 aliphatic heterocycles. The summed E-state index contributed by atoms with van der Waals surface area (Å²) in [6, 6.07) is 0. The molecule has 0 saturated carbocycles. The van der Waals surface area contributed by atoms with Crippen molar-refractivity contribution >= 4 is 11.9 Å². The Labute approximate surface area is 83.0 Å². The van der Waals surface area contributed by atoms with Crippen molar-refractivity contribution in [3.05, 3.63) is 0 Å². The largest absolute Gasteiger partial charge is 0.481 e. The average molecular weight is 204 g/mol. The highest BCUT2D eigenvalue weighted by Crippen LogP contribution is 2.05. The van der Waals surface area contributed by atoms with Gasteiger partial charge in [-0.3, -0.25) is 9.59 Å². The summed E-state index contributed by atoms with van der Waals surface area (Å²) in [5.41, 5.74) is 0. The number of rotatable bonds is 7. The van der Waals surface area contributed by atoms with E-state index >= 15 is 0 Å². The van der Waals surface area contributed by atoms with E-state index in [0.29, 0.717) is 13.2 Å². The van der Waals surface area contributed by atoms with Crippen LogP contribution in [-0.2, 0) is 19.1 Å². The molecule has 5 nitrogen and oxygen atoms in total. The van der Waals surface area contributed by atoms with Gasteiger partial charge in [-0.15, -0.1) is 0 Å². The first-order valence-electron chi connectivity index (χ1n) is 4.59. The van der Waals surface area contributed by atoms with E-state index in [1.54, 1.807) is 13.8 Å². The van der Waals surface area contributed by atoms with Gasteiger partial charge < -0.3 is 14.6 Å². The smallest absolute Gasteiger partial charge is 0.308 e. The predicted molar refractivity (Wildman–Crippen MR) is 48.9 cm³/mol. The Balaban J connectivity index is 3.94. The van der Waals surface area contributed by atoms with Crippen molar-refractivity contribution in [3.8, 4) is 0 Å². The van der Waals surface area contributed by atoms with Crippen molar-refractivity contribution in [3.63, 3.8) is 0 Å². The summed E-state index contributed by atoms with van der Waals surface area (Å²) in [4.78, 5) is 21.4. The Kier molecular flexibility index (Phi) is 6.74. The zero-order valence-corrected chi connectivity index (χ0v) is 8.49. The molecule has 0 aromatic heterocycles. The molecule has 0 amide bonds. The summed E-state index contributed by atoms with van der Waals surface area (Å²) in [6.45, 7) is 4.13. The van der Waals surface area contributed by atoms with Crippen LogP contribution in [0.25, 0.3) is 0 Å². The number of hydrogen-bond acceptors (Lipinski definition) is 4. The maximum atomic E-state index is 11.0. The lowest BCUT2D eigenvalue weighted by Crippen LogP contribution is -2.22. The van der Waals surface area contributed by atoms with Gasteiger partial charge in [-0.2, -0.15) is 0 Å². The van der Waals surface area contributed by atoms with Crippen molar-refractivity contribution in [2.75, 3.05) is 13.2 Å². The fourth-order valence-corrected chi connectivity index (χ4v) is 1.03. The topological polar surface area (TPSA) is 72.8 Å². The summed E-state index contributed by atoms with van der Waals surface area (Å²) in [6.07, 6.45) is -0.766. The zero-order chi connectivity index (χ0) is 11.0. The molecule has 0 fully saturated rings. The summed E-state index contributed by atoms with van der Waals surface area (Å²) in [7, 11) is 0. The molecule has 1 unspecified atom stereocenters. The maximum Gasteiger partial charge on any atom is 0.308 e. The molecule has 1 N–H and O–H groups in total. The summed E-state index contributed by atoms with van der Waals surface area (Å²) >= 11 is 0. The summed E-state index contributed by atoms with van der Waals surface area (Å²) in [5.74, 6) is -1.40. The molecule has 0 spiro atoms. The molecule has 0 rings (SSSR count). The second-order valence-electron chi connectivity index (χ2n) is 2.68. The summed E-state index contributed by atoms with van der Waals surface area (Å²) in [5, 5.41) is 8.52. The van der Waals surface area contributed by atoms with Crippen LogP contribution in [0.4, 0.5) is 0 Å². The first-order chi connectivity index (χ1) is 6.60. The predicted octanol–water partition coefficient (Wildman–Crippen LogP) is 0.819. The zero-order valence-electron chi connectivity index (χ0n) is 8.49. The number of carboxylic acids is 1. The van der Waals surface area contributed by atoms with E-state index < -0.39 is 18.0 Å². The third-order valence-electron chi connectivity index (χ3n) is 1.50. The number of carbonyl (C=O) groups excluding carboxylic acids is 1. The normalized spacial score (nSPS) is 12.1. The first-order valence-corrected chi connectivity index (χ1v) is 4.59. The molecule has 0 aliphatic rings. The van der Waals surface area contributed by atoms with Crippen LogP contribution in [0.5, 0.6) is 0 Å². The maximum absolute atomic E-state index is 11.0. The third kappa shape index (κ3) is 6.42. The van der Waals surface area contributed by atoms with Crippen molar-refractivity contribution < 1.29 is 24.2 Å². The Hall–Kier alpha value is -1.10. The minimum absolute atomic E-state index is 0.00597. The molecular formula is C9H16O5. The van der Waals surface area contributed by atoms with Crippen LogP contribution in [0, 0.1) is 0 Å². The highest BCUT2D eigenvalue weighted by molar-refractivity contribution is 5.72. The second-order valence-corrected chi connectivity index (χ2v) is 2.68. The molecule has 14 heavy (non-hydrogen) atoms. The molecule has 0 radical (unpaired) electrons. The van der Waals surface area contributed by atoms with Crippen molar-refractivity contribution in [1.82, 2.24) is 0 Å². The van der Waals surface area contributed by atoms with Gasteiger partial charge in [-0.05, 0) is 13.8 Å². The number of esters is 1. The van der Waals surface area contributed by atoms with Crippen LogP contribution in [0.1, 0.15) is 26.7 Å². The van der Waals surface area contributed by atoms with Gasteiger partial charge in [0, 0.05) is 6.61 Å². The van der Waals surface area contributed by atoms with Gasteiger partial charge in [0.15, 0.2) is 0 Å². The number of ether oxygens (including phenoxy) is 2. The van der Waals surface area contributed by atoms with Gasteiger partial charge in [0.05, 0.1) is 25.6 Å². The molecule has 0 aromatic carbocycles. The molecule has 0 aromatic rings. The van der Waals surface area contributed by atoms with Gasteiger partial charge in [-0.25, -0.2) is 0 Å². The summed E-state index contributed by atoms with van der Waals surface area (Å²) < 4.78 is 9.78. The molecule has 0 aliphatic carbocycles. The van der Waals surface area contributed by atoms with E-state index in [1.165, 1.54) is 0 Å². The standard InChI is InChI=1S/C9H16O5/c1-3-13-7(5-8(10)11)6-9(12)14-4-2/h7H,3-6H2,1-2H3,(H,10,11). The molecule has 5 heteroatoms. The third-order valence-corrected chi connectivity index (χ3v) is 1.50. The minimum Gasteiger partial charge on any atom is -0.481 e. The molecule has 0 saturated heterocycles. The lowest BCUT2D eigenvalue weighted by molar-refractivity contribution is -0.148. The van der Waals surface area contributed by atoms with Crippen LogP contribution < -0.4 is 0 Å². The van der Waals surface area contributed by atoms with Crippen molar-refractivity contribution in [2.24, 2.45) is 0 Å². The highest BCUT2D eigenvalue weighted by atomic mass is 16.5. The van der Waals surface area contributed by atoms with Crippen LogP contribution in [-0.4, -0.2) is 36.4 Å². The fraction of sp³-hybridized carbons (Fsp3) is 0.778. The first kappa shape index (κ1) is 12.9. The molecular weight excluding hydrogens is 188 g/mol. The Bertz CT molecular complexity index is 190. The van der Waals surface area contributed by atoms with Crippen molar-refractivity contribution in [2.45, 2.75) is 32.8 Å². The van der Waals surface area contributed by atoms with Crippen LogP contribution in [0.3, 0.4) is 0 Å². The van der Waals surface area contributed by atoms with E-state index in [9.17, 15) is 9.59 Å². The molecule has 0 heterocycles. The highest BCUT2D eigenvalue weighted by Gasteiger charge is 2.17. The van der Waals surface area contributed by atoms with E-state index in [-0.39, 0.29) is 12.8 Å². The minimum atomic E-state index is -0.979. The molecule has 82 valence electrons. The van der Waals surface area contributed by atoms with Crippen LogP contribution in [0.15, 0.2) is 0 Å². The van der Waals surface area contributed by atoms with Gasteiger partial charge in [-0.1, -0.05) is 0 Å². The lowest BCUT2D eigenvalue weighted by Gasteiger charge is -2.13. The number of hydrogen-bond donors (Lipinski definition) is 1. The van der Waals surface area contributed by atoms with E-state index in [2.05, 4.69) is 4.74 Å². The van der Waals surface area contributed by atoms with E-state index in [4.69, 9.17) is 9.84 Å². The molecule has 1 atom stereocenters. The Morgan fingerprint density at radius 3 is 2.29 bits per heavy atom. The molecule has 0 bridgehead atoms. The van der Waals surface area contributed by atoms with Gasteiger partial charge in [0.2, 0.25) is 0 Å². The fourth-order valence-electron chi connectivity index (χ4n) is 1.03. The van der Waals surface area contributed by atoms with Gasteiger partial charge in [0.25, 0.3) is 0 Å². The van der Waals surface area contributed by atoms with E-state index in [0.717, 1.165) is 0 Å². The average Bonchev–Trinajstić information content (AvgIpc) is 2.03. The number of carboxylic acid groups (broad SMARTS) is 1. The monoisotopic (exact) mass is 204 g/mol. The van der Waals surface area contributed by atoms with Crippen LogP contribution in [0.2, 0.25) is 0 Å². The SMILES string of the molecule is CCOC(=O)CC(CC(=O)O)OCC. The van der Waals surface area contributed by atoms with E-state index in [1.807, 2.05) is 0 Å².